The highest BCUT2D eigenvalue weighted by Crippen LogP contribution is 2.13. The minimum atomic E-state index is -0.516. The van der Waals surface area contributed by atoms with Crippen molar-refractivity contribution in [2.45, 2.75) is 13.5 Å². The standard InChI is InChI=1S/C16H14N2O3/c1-11-8-12(9-17)6-7-13(11)10-21-16(19)14-4-3-5-15(18-14)20-2/h3-8H,10H2,1-2H3. The topological polar surface area (TPSA) is 72.2 Å². The molecule has 0 bridgehead atoms. The van der Waals surface area contributed by atoms with Gasteiger partial charge < -0.3 is 9.47 Å². The number of carbonyl (C=O) groups excluding carboxylic acids is 1. The van der Waals surface area contributed by atoms with Gasteiger partial charge in [0.25, 0.3) is 0 Å². The van der Waals surface area contributed by atoms with Crippen LogP contribution in [-0.4, -0.2) is 18.1 Å². The molecule has 106 valence electrons. The van der Waals surface area contributed by atoms with E-state index in [1.165, 1.54) is 7.11 Å². The summed E-state index contributed by atoms with van der Waals surface area (Å²) in [6, 6.07) is 12.2. The van der Waals surface area contributed by atoms with Gasteiger partial charge in [-0.1, -0.05) is 12.1 Å². The van der Waals surface area contributed by atoms with Gasteiger partial charge in [0, 0.05) is 6.07 Å². The number of benzene rings is 1. The first-order valence-electron chi connectivity index (χ1n) is 6.32. The van der Waals surface area contributed by atoms with E-state index < -0.39 is 5.97 Å². The molecule has 0 unspecified atom stereocenters. The number of hydrogen-bond donors (Lipinski definition) is 0. The highest BCUT2D eigenvalue weighted by molar-refractivity contribution is 5.87. The van der Waals surface area contributed by atoms with Gasteiger partial charge >= 0.3 is 5.97 Å². The number of ether oxygens (including phenoxy) is 2. The summed E-state index contributed by atoms with van der Waals surface area (Å²) in [7, 11) is 1.48. The van der Waals surface area contributed by atoms with Crippen molar-refractivity contribution in [1.82, 2.24) is 4.98 Å². The molecule has 1 aromatic carbocycles. The summed E-state index contributed by atoms with van der Waals surface area (Å²) in [6.45, 7) is 2.00. The van der Waals surface area contributed by atoms with Crippen LogP contribution in [0.4, 0.5) is 0 Å². The molecule has 0 aliphatic heterocycles. The average molecular weight is 282 g/mol. The Morgan fingerprint density at radius 2 is 2.14 bits per heavy atom. The second-order valence-corrected chi connectivity index (χ2v) is 4.39. The predicted octanol–water partition coefficient (Wildman–Crippen LogP) is 2.63. The second-order valence-electron chi connectivity index (χ2n) is 4.39. The van der Waals surface area contributed by atoms with E-state index in [1.807, 2.05) is 6.92 Å². The fraction of sp³-hybridized carbons (Fsp3) is 0.188. The monoisotopic (exact) mass is 282 g/mol. The van der Waals surface area contributed by atoms with Gasteiger partial charge in [0.1, 0.15) is 6.61 Å². The van der Waals surface area contributed by atoms with E-state index in [0.717, 1.165) is 11.1 Å². The molecule has 5 nitrogen and oxygen atoms in total. The fourth-order valence-corrected chi connectivity index (χ4v) is 1.79. The predicted molar refractivity (Wildman–Crippen MR) is 75.8 cm³/mol. The smallest absolute Gasteiger partial charge is 0.357 e. The first-order valence-corrected chi connectivity index (χ1v) is 6.32. The highest BCUT2D eigenvalue weighted by atomic mass is 16.5. The number of aromatic nitrogens is 1. The Bertz CT molecular complexity index is 705. The Hall–Kier alpha value is -2.87. The van der Waals surface area contributed by atoms with Crippen molar-refractivity contribution in [3.63, 3.8) is 0 Å². The molecule has 0 N–H and O–H groups in total. The molecular formula is C16H14N2O3. The number of nitrogens with zero attached hydrogens (tertiary/aromatic N) is 2. The molecule has 21 heavy (non-hydrogen) atoms. The van der Waals surface area contributed by atoms with Crippen LogP contribution in [-0.2, 0) is 11.3 Å². The van der Waals surface area contributed by atoms with Crippen LogP contribution in [0.3, 0.4) is 0 Å². The van der Waals surface area contributed by atoms with E-state index in [-0.39, 0.29) is 12.3 Å². The molecule has 0 aliphatic rings. The number of pyridine rings is 1. The van der Waals surface area contributed by atoms with Crippen LogP contribution in [0.1, 0.15) is 27.2 Å². The zero-order valence-corrected chi connectivity index (χ0v) is 11.8. The van der Waals surface area contributed by atoms with Gasteiger partial charge in [-0.3, -0.25) is 0 Å². The third-order valence-electron chi connectivity index (χ3n) is 2.97. The van der Waals surface area contributed by atoms with E-state index in [2.05, 4.69) is 11.1 Å². The van der Waals surface area contributed by atoms with Crippen molar-refractivity contribution < 1.29 is 14.3 Å². The second kappa shape index (κ2) is 6.53. The van der Waals surface area contributed by atoms with Crippen LogP contribution in [0.5, 0.6) is 5.88 Å². The minimum Gasteiger partial charge on any atom is -0.481 e. The van der Waals surface area contributed by atoms with Gasteiger partial charge in [0.05, 0.1) is 18.7 Å². The zero-order valence-electron chi connectivity index (χ0n) is 11.8. The van der Waals surface area contributed by atoms with Crippen molar-refractivity contribution >= 4 is 5.97 Å². The van der Waals surface area contributed by atoms with E-state index in [4.69, 9.17) is 14.7 Å². The molecule has 0 saturated heterocycles. The van der Waals surface area contributed by atoms with Gasteiger partial charge in [-0.15, -0.1) is 0 Å². The lowest BCUT2D eigenvalue weighted by Gasteiger charge is -2.08. The largest absolute Gasteiger partial charge is 0.481 e. The molecule has 0 fully saturated rings. The molecule has 1 aromatic heterocycles. The normalized spacial score (nSPS) is 9.76. The summed E-state index contributed by atoms with van der Waals surface area (Å²) in [4.78, 5) is 15.9. The molecular weight excluding hydrogens is 268 g/mol. The highest BCUT2D eigenvalue weighted by Gasteiger charge is 2.11. The number of aryl methyl sites for hydroxylation is 1. The van der Waals surface area contributed by atoms with Gasteiger partial charge in [-0.25, -0.2) is 9.78 Å². The SMILES string of the molecule is COc1cccc(C(=O)OCc2ccc(C#N)cc2C)n1. The quantitative estimate of drug-likeness (QED) is 0.806. The Labute approximate surface area is 122 Å². The van der Waals surface area contributed by atoms with E-state index in [0.29, 0.717) is 11.4 Å². The van der Waals surface area contributed by atoms with Gasteiger partial charge in [-0.2, -0.15) is 5.26 Å². The minimum absolute atomic E-state index is 0.134. The first-order chi connectivity index (χ1) is 10.1. The van der Waals surface area contributed by atoms with Crippen molar-refractivity contribution in [3.8, 4) is 11.9 Å². The molecule has 1 heterocycles. The summed E-state index contributed by atoms with van der Waals surface area (Å²) >= 11 is 0. The number of hydrogen-bond acceptors (Lipinski definition) is 5. The van der Waals surface area contributed by atoms with Gasteiger partial charge in [-0.05, 0) is 36.2 Å². The van der Waals surface area contributed by atoms with E-state index in [9.17, 15) is 4.79 Å². The Morgan fingerprint density at radius 1 is 1.33 bits per heavy atom. The molecule has 0 amide bonds. The van der Waals surface area contributed by atoms with Crippen molar-refractivity contribution in [3.05, 3.63) is 58.8 Å². The summed E-state index contributed by atoms with van der Waals surface area (Å²) < 4.78 is 10.2. The van der Waals surface area contributed by atoms with Crippen molar-refractivity contribution in [1.29, 1.82) is 5.26 Å². The van der Waals surface area contributed by atoms with E-state index in [1.54, 1.807) is 36.4 Å². The molecule has 0 saturated carbocycles. The molecule has 5 heteroatoms. The molecule has 0 atom stereocenters. The third-order valence-corrected chi connectivity index (χ3v) is 2.97. The maximum atomic E-state index is 11.9. The van der Waals surface area contributed by atoms with Gasteiger partial charge in [0.2, 0.25) is 5.88 Å². The Balaban J connectivity index is 2.05. The number of esters is 1. The summed E-state index contributed by atoms with van der Waals surface area (Å²) in [5, 5.41) is 8.81. The molecule has 0 aliphatic carbocycles. The molecule has 0 radical (unpaired) electrons. The number of carbonyl (C=O) groups is 1. The van der Waals surface area contributed by atoms with Crippen LogP contribution < -0.4 is 4.74 Å². The lowest BCUT2D eigenvalue weighted by atomic mass is 10.1. The third kappa shape index (κ3) is 3.57. The maximum absolute atomic E-state index is 11.9. The van der Waals surface area contributed by atoms with Crippen LogP contribution >= 0.6 is 0 Å². The zero-order chi connectivity index (χ0) is 15.2. The molecule has 2 rings (SSSR count). The maximum Gasteiger partial charge on any atom is 0.357 e. The van der Waals surface area contributed by atoms with Crippen LogP contribution in [0.25, 0.3) is 0 Å². The molecule has 2 aromatic rings. The van der Waals surface area contributed by atoms with Crippen LogP contribution in [0.15, 0.2) is 36.4 Å². The lowest BCUT2D eigenvalue weighted by molar-refractivity contribution is 0.0464. The summed E-state index contributed by atoms with van der Waals surface area (Å²) in [5.74, 6) is -0.156. The van der Waals surface area contributed by atoms with Crippen LogP contribution in [0.2, 0.25) is 0 Å². The number of methoxy groups -OCH3 is 1. The average Bonchev–Trinajstić information content (AvgIpc) is 2.53. The summed E-state index contributed by atoms with van der Waals surface area (Å²) in [5.41, 5.74) is 2.53. The van der Waals surface area contributed by atoms with Crippen molar-refractivity contribution in [2.75, 3.05) is 7.11 Å². The van der Waals surface area contributed by atoms with Crippen molar-refractivity contribution in [2.24, 2.45) is 0 Å². The lowest BCUT2D eigenvalue weighted by Crippen LogP contribution is -2.08. The van der Waals surface area contributed by atoms with Gasteiger partial charge in [0.15, 0.2) is 5.69 Å². The first kappa shape index (κ1) is 14.5. The number of rotatable bonds is 4. The van der Waals surface area contributed by atoms with Crippen LogP contribution in [0, 0.1) is 18.3 Å². The Morgan fingerprint density at radius 3 is 2.81 bits per heavy atom. The fourth-order valence-electron chi connectivity index (χ4n) is 1.79. The van der Waals surface area contributed by atoms with E-state index >= 15 is 0 Å². The Kier molecular flexibility index (Phi) is 4.52. The number of nitriles is 1. The summed E-state index contributed by atoms with van der Waals surface area (Å²) in [6.07, 6.45) is 0. The molecule has 0 spiro atoms.